The van der Waals surface area contributed by atoms with Gasteiger partial charge in [0, 0.05) is 35.3 Å². The molecular weight excluding hydrogens is 567 g/mol. The van der Waals surface area contributed by atoms with Crippen molar-refractivity contribution in [1.29, 1.82) is 0 Å². The number of alkyl halides is 3. The molecule has 1 N–H and O–H groups in total. The Bertz CT molecular complexity index is 1620. The van der Waals surface area contributed by atoms with E-state index in [1.807, 2.05) is 19.2 Å². The highest BCUT2D eigenvalue weighted by molar-refractivity contribution is 7.73. The van der Waals surface area contributed by atoms with E-state index in [4.69, 9.17) is 9.72 Å². The minimum absolute atomic E-state index is 0.0279. The fraction of sp³-hybridized carbons (Fsp3) is 0.500. The number of benzene rings is 1. The Labute approximate surface area is 243 Å². The topological polar surface area (TPSA) is 101 Å². The molecule has 1 saturated heterocycles. The van der Waals surface area contributed by atoms with Crippen molar-refractivity contribution in [2.24, 2.45) is 11.8 Å². The number of pyridine rings is 1. The molecule has 12 heteroatoms. The number of nitrogens with one attached hydrogen (secondary N) is 1. The predicted octanol–water partition coefficient (Wildman–Crippen LogP) is 5.84. The van der Waals surface area contributed by atoms with Gasteiger partial charge in [0.05, 0.1) is 29.6 Å². The lowest BCUT2D eigenvalue weighted by molar-refractivity contribution is -0.137. The molecule has 224 valence electrons. The zero-order valence-electron chi connectivity index (χ0n) is 23.3. The number of aromatic nitrogens is 4. The molecule has 1 aliphatic heterocycles. The van der Waals surface area contributed by atoms with Gasteiger partial charge in [0.15, 0.2) is 10.7 Å². The summed E-state index contributed by atoms with van der Waals surface area (Å²) in [6, 6.07) is 6.70. The molecule has 1 saturated carbocycles. The molecule has 1 aliphatic carbocycles. The molecule has 6 rings (SSSR count). The van der Waals surface area contributed by atoms with Gasteiger partial charge in [-0.3, -0.25) is 4.90 Å². The number of aryl methyl sites for hydroxylation is 1. The number of piperidine rings is 1. The molecule has 2 unspecified atom stereocenters. The number of fused-ring (bicyclic) bond motifs is 3. The molecule has 0 amide bonds. The minimum atomic E-state index is -4.39. The fourth-order valence-electron chi connectivity index (χ4n) is 6.80. The van der Waals surface area contributed by atoms with Crippen LogP contribution in [0.5, 0.6) is 5.75 Å². The Morgan fingerprint density at radius 3 is 2.55 bits per heavy atom. The Kier molecular flexibility index (Phi) is 8.10. The van der Waals surface area contributed by atoms with E-state index in [9.17, 15) is 21.6 Å². The average Bonchev–Trinajstić information content (AvgIpc) is 3.45. The largest absolute Gasteiger partial charge is 0.493 e. The fourth-order valence-corrected chi connectivity index (χ4v) is 7.92. The summed E-state index contributed by atoms with van der Waals surface area (Å²) < 4.78 is 69.6. The van der Waals surface area contributed by atoms with Gasteiger partial charge in [-0.15, -0.1) is 0 Å². The third kappa shape index (κ3) is 5.96. The molecule has 1 aromatic carbocycles. The van der Waals surface area contributed by atoms with E-state index in [2.05, 4.69) is 19.9 Å². The number of thiol groups is 1. The summed E-state index contributed by atoms with van der Waals surface area (Å²) in [6.45, 7) is 3.52. The van der Waals surface area contributed by atoms with Crippen LogP contribution in [0.25, 0.3) is 21.9 Å². The zero-order chi connectivity index (χ0) is 29.4. The van der Waals surface area contributed by atoms with Crippen LogP contribution in [0, 0.1) is 18.8 Å². The van der Waals surface area contributed by atoms with Gasteiger partial charge in [-0.05, 0) is 88.2 Å². The van der Waals surface area contributed by atoms with Crippen LogP contribution in [0.4, 0.5) is 13.2 Å². The van der Waals surface area contributed by atoms with E-state index in [0.717, 1.165) is 78.3 Å². The predicted molar refractivity (Wildman–Crippen MR) is 154 cm³/mol. The molecule has 0 bridgehead atoms. The van der Waals surface area contributed by atoms with Gasteiger partial charge in [-0.25, -0.2) is 23.4 Å². The third-order valence-electron chi connectivity index (χ3n) is 8.78. The Morgan fingerprint density at radius 1 is 1.07 bits per heavy atom. The van der Waals surface area contributed by atoms with Gasteiger partial charge >= 0.3 is 6.18 Å². The highest BCUT2D eigenvalue weighted by Crippen LogP contribution is 2.41. The van der Waals surface area contributed by atoms with Crippen LogP contribution in [-0.4, -0.2) is 58.3 Å². The van der Waals surface area contributed by atoms with Crippen molar-refractivity contribution < 1.29 is 26.3 Å². The summed E-state index contributed by atoms with van der Waals surface area (Å²) in [4.78, 5) is 19.2. The number of rotatable bonds is 7. The summed E-state index contributed by atoms with van der Waals surface area (Å²) in [7, 11) is -2.68. The lowest BCUT2D eigenvalue weighted by Crippen LogP contribution is -2.48. The van der Waals surface area contributed by atoms with Gasteiger partial charge in [0.2, 0.25) is 0 Å². The first-order valence-electron chi connectivity index (χ1n) is 14.5. The number of hydrogen-bond acceptors (Lipinski definition) is 7. The van der Waals surface area contributed by atoms with Gasteiger partial charge in [-0.2, -0.15) is 13.2 Å². The number of ether oxygens (including phenoxy) is 1. The highest BCUT2D eigenvalue weighted by atomic mass is 32.2. The molecule has 0 radical (unpaired) electrons. The number of hydrogen-bond donors (Lipinski definition) is 2. The second-order valence-electron chi connectivity index (χ2n) is 11.6. The zero-order valence-corrected chi connectivity index (χ0v) is 24.2. The standard InChI is InChI=1S/C30H34F3N5O3S/c1-18-36-25-15-35-28-24(12-13-34-28)26(25)27(37-18)20-4-6-21(7-5-20)29(42(39)40)38-14-2-3-19(16-38)17-41-23-10-8-22(9-11-23)30(31,32)33/h8-13,15,19-21,29,42H,2-7,14,16-17H2,1H3,(H,34,35). The molecule has 4 aromatic rings. The SMILES string of the molecule is Cc1nc(C2CCC(C(N3CCCC(COc4ccc(C(F)(F)F)cc4)C3)[SH](=O)=O)CC2)c2c(cnc3[nH]ccc32)n1. The molecule has 2 atom stereocenters. The maximum absolute atomic E-state index is 12.9. The summed E-state index contributed by atoms with van der Waals surface area (Å²) in [5.74, 6) is 1.42. The number of likely N-dealkylation sites (tertiary alicyclic amines) is 1. The van der Waals surface area contributed by atoms with Crippen molar-refractivity contribution in [2.75, 3.05) is 19.7 Å². The summed E-state index contributed by atoms with van der Waals surface area (Å²) >= 11 is 0. The van der Waals surface area contributed by atoms with Crippen LogP contribution in [0.1, 0.15) is 61.5 Å². The smallest absolute Gasteiger partial charge is 0.416 e. The van der Waals surface area contributed by atoms with Crippen molar-refractivity contribution in [2.45, 2.75) is 62.9 Å². The van der Waals surface area contributed by atoms with E-state index >= 15 is 0 Å². The maximum atomic E-state index is 12.9. The van der Waals surface area contributed by atoms with E-state index in [0.29, 0.717) is 31.3 Å². The summed E-state index contributed by atoms with van der Waals surface area (Å²) in [5, 5.41) is 1.48. The summed E-state index contributed by atoms with van der Waals surface area (Å²) in [6.07, 6.45) is 4.26. The van der Waals surface area contributed by atoms with Crippen LogP contribution in [0.2, 0.25) is 0 Å². The first-order valence-corrected chi connectivity index (χ1v) is 15.7. The van der Waals surface area contributed by atoms with Crippen LogP contribution >= 0.6 is 0 Å². The lowest BCUT2D eigenvalue weighted by atomic mass is 9.78. The minimum Gasteiger partial charge on any atom is -0.493 e. The second-order valence-corrected chi connectivity index (χ2v) is 12.7. The number of H-pyrrole nitrogens is 1. The normalized spacial score (nSPS) is 23.0. The van der Waals surface area contributed by atoms with Gasteiger partial charge in [0.1, 0.15) is 22.6 Å². The average molecular weight is 602 g/mol. The second kappa shape index (κ2) is 11.8. The van der Waals surface area contributed by atoms with Crippen LogP contribution in [-0.2, 0) is 16.9 Å². The first-order chi connectivity index (χ1) is 20.2. The monoisotopic (exact) mass is 601 g/mol. The van der Waals surface area contributed by atoms with Crippen molar-refractivity contribution in [3.63, 3.8) is 0 Å². The molecular formula is C30H34F3N5O3S. The molecule has 4 heterocycles. The quantitative estimate of drug-likeness (QED) is 0.257. The Hall–Kier alpha value is -3.25. The molecule has 3 aromatic heterocycles. The Morgan fingerprint density at radius 2 is 1.83 bits per heavy atom. The molecule has 2 aliphatic rings. The number of nitrogens with zero attached hydrogens (tertiary/aromatic N) is 4. The first kappa shape index (κ1) is 28.9. The van der Waals surface area contributed by atoms with Gasteiger partial charge in [0.25, 0.3) is 0 Å². The van der Waals surface area contributed by atoms with Crippen molar-refractivity contribution >= 4 is 32.6 Å². The van der Waals surface area contributed by atoms with Crippen LogP contribution in [0.15, 0.2) is 42.7 Å². The van der Waals surface area contributed by atoms with E-state index < -0.39 is 27.8 Å². The van der Waals surface area contributed by atoms with Crippen molar-refractivity contribution in [3.8, 4) is 5.75 Å². The Balaban J connectivity index is 1.12. The van der Waals surface area contributed by atoms with E-state index in [1.165, 1.54) is 12.1 Å². The van der Waals surface area contributed by atoms with Crippen LogP contribution in [0.3, 0.4) is 0 Å². The number of aromatic amines is 1. The molecule has 0 spiro atoms. The molecule has 8 nitrogen and oxygen atoms in total. The van der Waals surface area contributed by atoms with Crippen molar-refractivity contribution in [3.05, 3.63) is 59.8 Å². The summed E-state index contributed by atoms with van der Waals surface area (Å²) in [5.41, 5.74) is 1.93. The van der Waals surface area contributed by atoms with Gasteiger partial charge in [-0.1, -0.05) is 0 Å². The highest BCUT2D eigenvalue weighted by Gasteiger charge is 2.37. The molecule has 2 fully saturated rings. The maximum Gasteiger partial charge on any atom is 0.416 e. The van der Waals surface area contributed by atoms with Crippen molar-refractivity contribution in [1.82, 2.24) is 24.8 Å². The van der Waals surface area contributed by atoms with E-state index in [1.54, 1.807) is 6.20 Å². The lowest BCUT2D eigenvalue weighted by Gasteiger charge is -2.41. The molecule has 42 heavy (non-hydrogen) atoms. The van der Waals surface area contributed by atoms with Gasteiger partial charge < -0.3 is 9.72 Å². The number of halogens is 3. The van der Waals surface area contributed by atoms with E-state index in [-0.39, 0.29) is 17.8 Å². The third-order valence-corrected chi connectivity index (χ3v) is 9.96. The van der Waals surface area contributed by atoms with Crippen LogP contribution < -0.4 is 4.74 Å².